The minimum Gasteiger partial charge on any atom is -0.495 e. The van der Waals surface area contributed by atoms with E-state index in [1.165, 1.54) is 19.2 Å². The van der Waals surface area contributed by atoms with Crippen LogP contribution in [-0.4, -0.2) is 58.2 Å². The van der Waals surface area contributed by atoms with Gasteiger partial charge < -0.3 is 9.84 Å². The summed E-state index contributed by atoms with van der Waals surface area (Å²) in [7, 11) is -6.56. The van der Waals surface area contributed by atoms with Gasteiger partial charge in [0.25, 0.3) is 0 Å². The lowest BCUT2D eigenvalue weighted by molar-refractivity contribution is -0.140. The quantitative estimate of drug-likeness (QED) is 0.801. The summed E-state index contributed by atoms with van der Waals surface area (Å²) in [5.74, 6) is -1.27. The first-order valence-corrected chi connectivity index (χ1v) is 10.0. The van der Waals surface area contributed by atoms with Crippen LogP contribution in [0.2, 0.25) is 0 Å². The van der Waals surface area contributed by atoms with Crippen molar-refractivity contribution in [3.63, 3.8) is 0 Å². The Morgan fingerprint density at radius 2 is 1.96 bits per heavy atom. The molecule has 1 aliphatic heterocycles. The zero-order valence-corrected chi connectivity index (χ0v) is 14.2. The number of methoxy groups -OCH3 is 1. The van der Waals surface area contributed by atoms with Crippen molar-refractivity contribution < 1.29 is 31.5 Å². The number of ether oxygens (including phenoxy) is 1. The van der Waals surface area contributed by atoms with Crippen LogP contribution in [0.15, 0.2) is 28.0 Å². The Morgan fingerprint density at radius 1 is 1.30 bits per heavy atom. The minimum atomic E-state index is -4.20. The number of carboxylic acid groups (broad SMARTS) is 1. The molecule has 0 unspecified atom stereocenters. The molecule has 1 aromatic rings. The topological polar surface area (TPSA) is 118 Å². The number of rotatable bonds is 5. The van der Waals surface area contributed by atoms with Crippen LogP contribution < -0.4 is 4.74 Å². The van der Waals surface area contributed by atoms with Crippen molar-refractivity contribution in [3.8, 4) is 5.75 Å². The maximum Gasteiger partial charge on any atom is 0.322 e. The first-order valence-electron chi connectivity index (χ1n) is 6.72. The van der Waals surface area contributed by atoms with Crippen molar-refractivity contribution >= 4 is 25.8 Å². The Morgan fingerprint density at radius 3 is 2.48 bits per heavy atom. The molecule has 8 nitrogen and oxygen atoms in total. The first kappa shape index (κ1) is 17.7. The van der Waals surface area contributed by atoms with Gasteiger partial charge in [-0.3, -0.25) is 4.79 Å². The summed E-state index contributed by atoms with van der Waals surface area (Å²) >= 11 is 0. The van der Waals surface area contributed by atoms with Gasteiger partial charge in [-0.05, 0) is 31.0 Å². The third kappa shape index (κ3) is 3.33. The second-order valence-electron chi connectivity index (χ2n) is 5.20. The monoisotopic (exact) mass is 363 g/mol. The molecule has 23 heavy (non-hydrogen) atoms. The van der Waals surface area contributed by atoms with E-state index in [1.54, 1.807) is 0 Å². The molecular weight excluding hydrogens is 346 g/mol. The van der Waals surface area contributed by atoms with Crippen molar-refractivity contribution in [2.24, 2.45) is 0 Å². The van der Waals surface area contributed by atoms with Gasteiger partial charge in [0, 0.05) is 12.8 Å². The van der Waals surface area contributed by atoms with Crippen LogP contribution in [-0.2, 0) is 24.7 Å². The van der Waals surface area contributed by atoms with Gasteiger partial charge in [-0.1, -0.05) is 0 Å². The predicted molar refractivity (Wildman–Crippen MR) is 80.7 cm³/mol. The van der Waals surface area contributed by atoms with Gasteiger partial charge in [-0.2, -0.15) is 4.31 Å². The lowest BCUT2D eigenvalue weighted by Gasteiger charge is -2.22. The fourth-order valence-electron chi connectivity index (χ4n) is 2.49. The van der Waals surface area contributed by atoms with Gasteiger partial charge in [0.15, 0.2) is 9.84 Å². The van der Waals surface area contributed by atoms with E-state index in [9.17, 15) is 26.7 Å². The van der Waals surface area contributed by atoms with Crippen LogP contribution >= 0.6 is 0 Å². The summed E-state index contributed by atoms with van der Waals surface area (Å²) in [6.07, 6.45) is 1.59. The summed E-state index contributed by atoms with van der Waals surface area (Å²) in [6.45, 7) is 0.0611. The molecule has 0 saturated carbocycles. The fourth-order valence-corrected chi connectivity index (χ4v) is 5.05. The second kappa shape index (κ2) is 6.10. The molecule has 1 fully saturated rings. The number of hydrogen-bond donors (Lipinski definition) is 1. The summed E-state index contributed by atoms with van der Waals surface area (Å²) < 4.78 is 54.8. The van der Waals surface area contributed by atoms with E-state index >= 15 is 0 Å². The largest absolute Gasteiger partial charge is 0.495 e. The molecule has 0 amide bonds. The van der Waals surface area contributed by atoms with Crippen molar-refractivity contribution in [1.82, 2.24) is 4.31 Å². The number of benzene rings is 1. The second-order valence-corrected chi connectivity index (χ2v) is 9.07. The highest BCUT2D eigenvalue weighted by atomic mass is 32.2. The van der Waals surface area contributed by atoms with E-state index in [-0.39, 0.29) is 28.5 Å². The number of aliphatic carboxylic acids is 1. The average Bonchev–Trinajstić information content (AvgIpc) is 2.96. The SMILES string of the molecule is COc1ccc(S(C)(=O)=O)cc1S(=O)(=O)N1CCC[C@@H]1C(=O)O. The Kier molecular flexibility index (Phi) is 4.69. The molecule has 0 bridgehead atoms. The third-order valence-corrected chi connectivity index (χ3v) is 6.68. The highest BCUT2D eigenvalue weighted by molar-refractivity contribution is 7.91. The predicted octanol–water partition coefficient (Wildman–Crippen LogP) is 0.336. The van der Waals surface area contributed by atoms with Crippen molar-refractivity contribution in [2.75, 3.05) is 19.9 Å². The van der Waals surface area contributed by atoms with Gasteiger partial charge >= 0.3 is 5.97 Å². The van der Waals surface area contributed by atoms with Gasteiger partial charge in [0.05, 0.1) is 12.0 Å². The number of carbonyl (C=O) groups is 1. The zero-order valence-electron chi connectivity index (χ0n) is 12.6. The molecule has 0 spiro atoms. The molecular formula is C13H17NO7S2. The maximum atomic E-state index is 12.8. The third-order valence-electron chi connectivity index (χ3n) is 3.64. The van der Waals surface area contributed by atoms with Crippen LogP contribution in [0, 0.1) is 0 Å². The Hall–Kier alpha value is -1.65. The average molecular weight is 363 g/mol. The van der Waals surface area contributed by atoms with Crippen molar-refractivity contribution in [1.29, 1.82) is 0 Å². The van der Waals surface area contributed by atoms with Crippen LogP contribution in [0.3, 0.4) is 0 Å². The normalized spacial score (nSPS) is 19.7. The Labute approximate surface area is 134 Å². The van der Waals surface area contributed by atoms with Crippen LogP contribution in [0.1, 0.15) is 12.8 Å². The van der Waals surface area contributed by atoms with Crippen molar-refractivity contribution in [2.45, 2.75) is 28.7 Å². The smallest absolute Gasteiger partial charge is 0.322 e. The fraction of sp³-hybridized carbons (Fsp3) is 0.462. The maximum absolute atomic E-state index is 12.8. The lowest BCUT2D eigenvalue weighted by atomic mass is 10.2. The van der Waals surface area contributed by atoms with Gasteiger partial charge in [-0.15, -0.1) is 0 Å². The van der Waals surface area contributed by atoms with Crippen LogP contribution in [0.25, 0.3) is 0 Å². The van der Waals surface area contributed by atoms with E-state index in [1.807, 2.05) is 0 Å². The van der Waals surface area contributed by atoms with E-state index in [4.69, 9.17) is 4.74 Å². The van der Waals surface area contributed by atoms with Gasteiger partial charge in [0.1, 0.15) is 16.7 Å². The number of sulfonamides is 1. The molecule has 0 aliphatic carbocycles. The molecule has 0 aromatic heterocycles. The molecule has 1 N–H and O–H groups in total. The highest BCUT2D eigenvalue weighted by Gasteiger charge is 2.41. The molecule has 1 atom stereocenters. The molecule has 0 radical (unpaired) electrons. The van der Waals surface area contributed by atoms with Gasteiger partial charge in [-0.25, -0.2) is 16.8 Å². The molecule has 1 heterocycles. The molecule has 2 rings (SSSR count). The van der Waals surface area contributed by atoms with Crippen LogP contribution in [0.4, 0.5) is 0 Å². The standard InChI is InChI=1S/C13H17NO7S2/c1-21-11-6-5-9(22(2,17)18)8-12(11)23(19,20)14-7-3-4-10(14)13(15)16/h5-6,8,10H,3-4,7H2,1-2H3,(H,15,16)/t10-/m1/s1. The Balaban J connectivity index is 2.61. The van der Waals surface area contributed by atoms with E-state index in [2.05, 4.69) is 0 Å². The molecule has 1 aromatic carbocycles. The van der Waals surface area contributed by atoms with E-state index in [0.717, 1.165) is 16.6 Å². The number of sulfone groups is 1. The van der Waals surface area contributed by atoms with Crippen LogP contribution in [0.5, 0.6) is 5.75 Å². The zero-order chi connectivity index (χ0) is 17.4. The lowest BCUT2D eigenvalue weighted by Crippen LogP contribution is -2.40. The van der Waals surface area contributed by atoms with E-state index < -0.39 is 31.9 Å². The minimum absolute atomic E-state index is 0.0339. The first-order chi connectivity index (χ1) is 10.6. The number of hydrogen-bond acceptors (Lipinski definition) is 6. The van der Waals surface area contributed by atoms with Crippen molar-refractivity contribution in [3.05, 3.63) is 18.2 Å². The molecule has 1 saturated heterocycles. The summed E-state index contributed by atoms with van der Waals surface area (Å²) in [4.78, 5) is 10.7. The highest BCUT2D eigenvalue weighted by Crippen LogP contribution is 2.33. The summed E-state index contributed by atoms with van der Waals surface area (Å²) in [6, 6.07) is 2.33. The van der Waals surface area contributed by atoms with E-state index in [0.29, 0.717) is 6.42 Å². The molecule has 10 heteroatoms. The number of carboxylic acids is 1. The molecule has 128 valence electrons. The summed E-state index contributed by atoms with van der Waals surface area (Å²) in [5, 5.41) is 9.17. The van der Waals surface area contributed by atoms with Gasteiger partial charge in [0.2, 0.25) is 10.0 Å². The molecule has 1 aliphatic rings. The Bertz CT molecular complexity index is 830. The number of nitrogens with zero attached hydrogens (tertiary/aromatic N) is 1. The summed E-state index contributed by atoms with van der Waals surface area (Å²) in [5.41, 5.74) is 0.